The molecule has 0 aromatic heterocycles. The van der Waals surface area contributed by atoms with Crippen molar-refractivity contribution in [2.75, 3.05) is 0 Å². The Hall–Kier alpha value is -0.605. The van der Waals surface area contributed by atoms with Crippen LogP contribution in [0.4, 0.5) is 0 Å². The lowest BCUT2D eigenvalue weighted by molar-refractivity contribution is 0.551. The van der Waals surface area contributed by atoms with Crippen LogP contribution < -0.4 is 5.73 Å². The summed E-state index contributed by atoms with van der Waals surface area (Å²) in [6.07, 6.45) is 5.31. The Morgan fingerprint density at radius 1 is 1.91 bits per heavy atom. The van der Waals surface area contributed by atoms with Gasteiger partial charge in [-0.1, -0.05) is 6.82 Å². The molecule has 3 N–H and O–H groups in total. The zero-order chi connectivity index (χ0) is 8.27. The summed E-state index contributed by atoms with van der Waals surface area (Å²) in [7, 11) is 0. The third-order valence-corrected chi connectivity index (χ3v) is 1.83. The molecule has 60 valence electrons. The Balaban J connectivity index is 2.31. The van der Waals surface area contributed by atoms with Crippen LogP contribution in [0.15, 0.2) is 16.8 Å². The van der Waals surface area contributed by atoms with Crippen molar-refractivity contribution in [1.29, 1.82) is 0 Å². The van der Waals surface area contributed by atoms with Crippen LogP contribution >= 0.6 is 0 Å². The monoisotopic (exact) mass is 152 g/mol. The third kappa shape index (κ3) is 2.48. The van der Waals surface area contributed by atoms with Crippen LogP contribution in [0.2, 0.25) is 6.82 Å². The highest BCUT2D eigenvalue weighted by atomic mass is 16.2. The number of aliphatic imine (C=N–C) groups is 1. The van der Waals surface area contributed by atoms with Crippen LogP contribution in [0.5, 0.6) is 0 Å². The number of hydrogen-bond acceptors (Lipinski definition) is 3. The molecule has 0 aromatic carbocycles. The summed E-state index contributed by atoms with van der Waals surface area (Å²) >= 11 is 0. The van der Waals surface area contributed by atoms with Crippen molar-refractivity contribution in [3.8, 4) is 0 Å². The molecular formula is C7H13BN2O. The van der Waals surface area contributed by atoms with E-state index in [1.54, 1.807) is 6.82 Å². The highest BCUT2D eigenvalue weighted by Gasteiger charge is 2.16. The Morgan fingerprint density at radius 3 is 3.09 bits per heavy atom. The molecule has 0 amide bonds. The SMILES string of the molecule is CB(O)[C@@H](N)CC1=CN=CC1. The molecule has 0 aromatic rings. The van der Waals surface area contributed by atoms with Gasteiger partial charge >= 0.3 is 6.92 Å². The second-order valence-corrected chi connectivity index (χ2v) is 2.93. The summed E-state index contributed by atoms with van der Waals surface area (Å²) in [4.78, 5) is 3.95. The molecule has 1 rings (SSSR count). The van der Waals surface area contributed by atoms with E-state index in [1.165, 1.54) is 5.57 Å². The molecule has 0 radical (unpaired) electrons. The fraction of sp³-hybridized carbons (Fsp3) is 0.571. The van der Waals surface area contributed by atoms with Gasteiger partial charge in [-0.25, -0.2) is 0 Å². The second-order valence-electron chi connectivity index (χ2n) is 2.93. The van der Waals surface area contributed by atoms with Gasteiger partial charge in [-0.2, -0.15) is 0 Å². The highest BCUT2D eigenvalue weighted by molar-refractivity contribution is 6.50. The molecule has 11 heavy (non-hydrogen) atoms. The molecule has 1 atom stereocenters. The van der Waals surface area contributed by atoms with Gasteiger partial charge in [0.1, 0.15) is 0 Å². The summed E-state index contributed by atoms with van der Waals surface area (Å²) in [5.41, 5.74) is 6.86. The van der Waals surface area contributed by atoms with Gasteiger partial charge in [0, 0.05) is 24.8 Å². The van der Waals surface area contributed by atoms with E-state index in [-0.39, 0.29) is 5.94 Å². The van der Waals surface area contributed by atoms with E-state index < -0.39 is 6.92 Å². The first-order valence-corrected chi connectivity index (χ1v) is 3.83. The molecule has 0 unspecified atom stereocenters. The summed E-state index contributed by atoms with van der Waals surface area (Å²) < 4.78 is 0. The van der Waals surface area contributed by atoms with Gasteiger partial charge in [0.05, 0.1) is 0 Å². The summed E-state index contributed by atoms with van der Waals surface area (Å²) in [6.45, 7) is 1.28. The molecule has 0 saturated carbocycles. The lowest BCUT2D eigenvalue weighted by Crippen LogP contribution is -2.36. The molecule has 0 aliphatic carbocycles. The van der Waals surface area contributed by atoms with E-state index in [9.17, 15) is 0 Å². The van der Waals surface area contributed by atoms with E-state index in [0.29, 0.717) is 0 Å². The van der Waals surface area contributed by atoms with E-state index in [0.717, 1.165) is 12.8 Å². The van der Waals surface area contributed by atoms with Gasteiger partial charge in [-0.05, 0) is 12.0 Å². The second kappa shape index (κ2) is 3.69. The fourth-order valence-electron chi connectivity index (χ4n) is 0.990. The fourth-order valence-corrected chi connectivity index (χ4v) is 0.990. The average Bonchev–Trinajstić information content (AvgIpc) is 2.39. The molecule has 0 saturated heterocycles. The lowest BCUT2D eigenvalue weighted by atomic mass is 9.62. The van der Waals surface area contributed by atoms with Crippen LogP contribution in [0.25, 0.3) is 0 Å². The van der Waals surface area contributed by atoms with E-state index in [1.807, 2.05) is 12.4 Å². The van der Waals surface area contributed by atoms with Crippen molar-refractivity contribution in [2.45, 2.75) is 25.6 Å². The Kier molecular flexibility index (Phi) is 2.85. The van der Waals surface area contributed by atoms with E-state index >= 15 is 0 Å². The predicted octanol–water partition coefficient (Wildman–Crippen LogP) is 0.215. The first-order chi connectivity index (χ1) is 5.20. The maximum Gasteiger partial charge on any atom is 0.303 e. The third-order valence-electron chi connectivity index (χ3n) is 1.83. The smallest absolute Gasteiger partial charge is 0.303 e. The quantitative estimate of drug-likeness (QED) is 0.568. The minimum absolute atomic E-state index is 0.150. The molecule has 1 heterocycles. The average molecular weight is 152 g/mol. The van der Waals surface area contributed by atoms with Crippen molar-refractivity contribution < 1.29 is 5.02 Å². The highest BCUT2D eigenvalue weighted by Crippen LogP contribution is 2.12. The van der Waals surface area contributed by atoms with Crippen molar-refractivity contribution in [1.82, 2.24) is 0 Å². The minimum atomic E-state index is -0.434. The zero-order valence-corrected chi connectivity index (χ0v) is 6.70. The maximum absolute atomic E-state index is 9.09. The zero-order valence-electron chi connectivity index (χ0n) is 6.70. The Bertz CT molecular complexity index is 189. The van der Waals surface area contributed by atoms with Crippen molar-refractivity contribution in [3.63, 3.8) is 0 Å². The first kappa shape index (κ1) is 8.49. The number of rotatable bonds is 3. The first-order valence-electron chi connectivity index (χ1n) is 3.83. The Morgan fingerprint density at radius 2 is 2.64 bits per heavy atom. The molecule has 0 fully saturated rings. The minimum Gasteiger partial charge on any atom is -0.449 e. The number of hydrogen-bond donors (Lipinski definition) is 2. The van der Waals surface area contributed by atoms with Crippen molar-refractivity contribution >= 4 is 13.1 Å². The van der Waals surface area contributed by atoms with Gasteiger partial charge in [0.15, 0.2) is 0 Å². The van der Waals surface area contributed by atoms with Gasteiger partial charge in [-0.3, -0.25) is 4.99 Å². The molecular weight excluding hydrogens is 139 g/mol. The summed E-state index contributed by atoms with van der Waals surface area (Å²) in [5, 5.41) is 9.09. The normalized spacial score (nSPS) is 18.3. The lowest BCUT2D eigenvalue weighted by Gasteiger charge is -2.11. The van der Waals surface area contributed by atoms with Gasteiger partial charge in [0.2, 0.25) is 0 Å². The molecule has 0 bridgehead atoms. The van der Waals surface area contributed by atoms with Crippen LogP contribution in [-0.2, 0) is 0 Å². The van der Waals surface area contributed by atoms with E-state index in [4.69, 9.17) is 10.8 Å². The van der Waals surface area contributed by atoms with Crippen molar-refractivity contribution in [3.05, 3.63) is 11.8 Å². The van der Waals surface area contributed by atoms with Crippen LogP contribution in [0.3, 0.4) is 0 Å². The summed E-state index contributed by atoms with van der Waals surface area (Å²) in [5.74, 6) is -0.150. The molecule has 0 spiro atoms. The van der Waals surface area contributed by atoms with Crippen LogP contribution in [-0.4, -0.2) is 24.1 Å². The van der Waals surface area contributed by atoms with E-state index in [2.05, 4.69) is 4.99 Å². The predicted molar refractivity (Wildman–Crippen MR) is 47.6 cm³/mol. The van der Waals surface area contributed by atoms with Gasteiger partial charge in [0.25, 0.3) is 0 Å². The molecule has 4 heteroatoms. The number of nitrogens with two attached hydrogens (primary N) is 1. The Labute approximate surface area is 67.1 Å². The molecule has 1 aliphatic heterocycles. The maximum atomic E-state index is 9.09. The van der Waals surface area contributed by atoms with Crippen LogP contribution in [0.1, 0.15) is 12.8 Å². The van der Waals surface area contributed by atoms with Crippen molar-refractivity contribution in [2.24, 2.45) is 10.7 Å². The summed E-state index contributed by atoms with van der Waals surface area (Å²) in [6, 6.07) is 0. The topological polar surface area (TPSA) is 58.6 Å². The largest absolute Gasteiger partial charge is 0.449 e. The molecule has 1 aliphatic rings. The van der Waals surface area contributed by atoms with Gasteiger partial charge in [-0.15, -0.1) is 0 Å². The van der Waals surface area contributed by atoms with Gasteiger partial charge < -0.3 is 10.8 Å². The standard InChI is InChI=1S/C7H13BN2O/c1-8(11)7(9)4-6-2-3-10-5-6/h3,5,7,11H,2,4,9H2,1H3/t7-/m0/s1. The number of nitrogens with zero attached hydrogens (tertiary/aromatic N) is 1. The van der Waals surface area contributed by atoms with Crippen LogP contribution in [0, 0.1) is 0 Å². The molecule has 3 nitrogen and oxygen atoms in total.